The van der Waals surface area contributed by atoms with Crippen molar-refractivity contribution in [3.63, 3.8) is 0 Å². The van der Waals surface area contributed by atoms with E-state index in [1.807, 2.05) is 16.5 Å². The highest BCUT2D eigenvalue weighted by atomic mass is 32.1. The van der Waals surface area contributed by atoms with Gasteiger partial charge in [0.2, 0.25) is 5.13 Å². The van der Waals surface area contributed by atoms with Crippen LogP contribution in [0.4, 0.5) is 15.2 Å². The minimum absolute atomic E-state index is 0.0259. The molecule has 6 nitrogen and oxygen atoms in total. The Morgan fingerprint density at radius 3 is 2.49 bits per heavy atom. The Morgan fingerprint density at radius 2 is 1.80 bits per heavy atom. The van der Waals surface area contributed by atoms with Crippen molar-refractivity contribution < 1.29 is 9.31 Å². The number of hydrazone groups is 1. The summed E-state index contributed by atoms with van der Waals surface area (Å²) in [6.45, 7) is 4.33. The average Bonchev–Trinajstić information content (AvgIpc) is 3.52. The Labute approximate surface area is 206 Å². The number of rotatable bonds is 6. The summed E-state index contributed by atoms with van der Waals surface area (Å²) in [5.74, 6) is 0.151. The highest BCUT2D eigenvalue weighted by Gasteiger charge is 2.32. The van der Waals surface area contributed by atoms with E-state index in [4.69, 9.17) is 10.1 Å². The molecule has 0 spiro atoms. The van der Waals surface area contributed by atoms with E-state index in [-0.39, 0.29) is 17.5 Å². The summed E-state index contributed by atoms with van der Waals surface area (Å²) in [5.41, 5.74) is 5.47. The second kappa shape index (κ2) is 9.38. The normalized spacial score (nSPS) is 15.5. The molecule has 0 unspecified atom stereocenters. The molecule has 5 rings (SSSR count). The largest absolute Gasteiger partial charge is 0.270 e. The predicted molar refractivity (Wildman–Crippen MR) is 138 cm³/mol. The number of benzene rings is 3. The van der Waals surface area contributed by atoms with Gasteiger partial charge in [0.15, 0.2) is 0 Å². The molecule has 0 N–H and O–H groups in total. The first-order chi connectivity index (χ1) is 16.9. The lowest BCUT2D eigenvalue weighted by Crippen LogP contribution is -2.18. The van der Waals surface area contributed by atoms with Crippen LogP contribution >= 0.6 is 11.3 Å². The van der Waals surface area contributed by atoms with Gasteiger partial charge < -0.3 is 0 Å². The van der Waals surface area contributed by atoms with Crippen LogP contribution in [0.2, 0.25) is 0 Å². The lowest BCUT2D eigenvalue weighted by Gasteiger charge is -2.21. The molecule has 3 aromatic carbocycles. The standard InChI is InChI=1S/C27H23FN4O2S/c1-17(2)18-6-8-20(9-7-18)26-15-24(19-10-12-22(28)13-11-19)30-31(26)27-29-25(16-35-27)21-4-3-5-23(14-21)32(33)34/h3-14,16-17,26H,15H2,1-2H3/t26-/m1/s1. The monoisotopic (exact) mass is 486 g/mol. The number of halogens is 1. The van der Waals surface area contributed by atoms with Crippen LogP contribution in [-0.2, 0) is 0 Å². The molecule has 0 fully saturated rings. The minimum atomic E-state index is -0.409. The highest BCUT2D eigenvalue weighted by Crippen LogP contribution is 2.40. The van der Waals surface area contributed by atoms with Crippen molar-refractivity contribution in [2.24, 2.45) is 5.10 Å². The summed E-state index contributed by atoms with van der Waals surface area (Å²) in [5, 5.41) is 20.6. The van der Waals surface area contributed by atoms with Crippen molar-refractivity contribution in [1.82, 2.24) is 4.98 Å². The number of aromatic nitrogens is 1. The van der Waals surface area contributed by atoms with Crippen LogP contribution in [-0.4, -0.2) is 15.6 Å². The Balaban J connectivity index is 1.52. The molecule has 0 amide bonds. The van der Waals surface area contributed by atoms with E-state index in [0.29, 0.717) is 28.7 Å². The van der Waals surface area contributed by atoms with Crippen molar-refractivity contribution in [3.8, 4) is 11.3 Å². The molecule has 0 aliphatic carbocycles. The zero-order chi connectivity index (χ0) is 24.5. The number of nitro groups is 1. The van der Waals surface area contributed by atoms with Crippen LogP contribution in [0.15, 0.2) is 83.3 Å². The van der Waals surface area contributed by atoms with Crippen molar-refractivity contribution in [2.75, 3.05) is 5.01 Å². The van der Waals surface area contributed by atoms with Gasteiger partial charge in [-0.15, -0.1) is 11.3 Å². The van der Waals surface area contributed by atoms with E-state index in [1.165, 1.54) is 41.2 Å². The van der Waals surface area contributed by atoms with Gasteiger partial charge in [0.05, 0.1) is 22.4 Å². The average molecular weight is 487 g/mol. The smallest absolute Gasteiger partial charge is 0.258 e. The molecule has 1 atom stereocenters. The summed E-state index contributed by atoms with van der Waals surface area (Å²) >= 11 is 1.44. The van der Waals surface area contributed by atoms with Gasteiger partial charge >= 0.3 is 0 Å². The van der Waals surface area contributed by atoms with Gasteiger partial charge in [0, 0.05) is 29.5 Å². The van der Waals surface area contributed by atoms with Crippen LogP contribution in [0.5, 0.6) is 0 Å². The first-order valence-electron chi connectivity index (χ1n) is 11.3. The quantitative estimate of drug-likeness (QED) is 0.211. The molecule has 1 aliphatic heterocycles. The third-order valence-corrected chi connectivity index (χ3v) is 6.95. The summed E-state index contributed by atoms with van der Waals surface area (Å²) in [4.78, 5) is 15.6. The predicted octanol–water partition coefficient (Wildman–Crippen LogP) is 7.34. The van der Waals surface area contributed by atoms with E-state index < -0.39 is 4.92 Å². The number of non-ortho nitro benzene ring substituents is 1. The van der Waals surface area contributed by atoms with Crippen LogP contribution in [0.3, 0.4) is 0 Å². The molecule has 8 heteroatoms. The van der Waals surface area contributed by atoms with Gasteiger partial charge in [-0.3, -0.25) is 10.1 Å². The minimum Gasteiger partial charge on any atom is -0.258 e. The number of hydrogen-bond acceptors (Lipinski definition) is 6. The van der Waals surface area contributed by atoms with Crippen molar-refractivity contribution in [3.05, 3.63) is 111 Å². The molecular weight excluding hydrogens is 463 g/mol. The summed E-state index contributed by atoms with van der Waals surface area (Å²) in [6.07, 6.45) is 0.651. The third-order valence-electron chi connectivity index (χ3n) is 6.12. The Hall–Kier alpha value is -3.91. The van der Waals surface area contributed by atoms with E-state index in [0.717, 1.165) is 16.8 Å². The molecule has 1 aliphatic rings. The van der Waals surface area contributed by atoms with E-state index in [1.54, 1.807) is 18.2 Å². The van der Waals surface area contributed by atoms with Crippen LogP contribution in [0.1, 0.15) is 48.9 Å². The molecular formula is C27H23FN4O2S. The maximum atomic E-state index is 13.5. The van der Waals surface area contributed by atoms with Crippen LogP contribution < -0.4 is 5.01 Å². The second-order valence-corrected chi connectivity index (χ2v) is 9.60. The first kappa shape index (κ1) is 22.9. The van der Waals surface area contributed by atoms with E-state index >= 15 is 0 Å². The zero-order valence-electron chi connectivity index (χ0n) is 19.3. The van der Waals surface area contributed by atoms with E-state index in [2.05, 4.69) is 38.1 Å². The molecule has 35 heavy (non-hydrogen) atoms. The number of nitrogens with zero attached hydrogens (tertiary/aromatic N) is 4. The summed E-state index contributed by atoms with van der Waals surface area (Å²) < 4.78 is 13.5. The second-order valence-electron chi connectivity index (χ2n) is 8.76. The number of nitro benzene ring substituents is 1. The van der Waals surface area contributed by atoms with Crippen LogP contribution in [0.25, 0.3) is 11.3 Å². The Kier molecular flexibility index (Phi) is 6.13. The SMILES string of the molecule is CC(C)c1ccc([C@H]2CC(c3ccc(F)cc3)=NN2c2nc(-c3cccc([N+](=O)[O-])c3)cs2)cc1. The molecule has 0 saturated heterocycles. The molecule has 0 bridgehead atoms. The van der Waals surface area contributed by atoms with Gasteiger partial charge in [0.25, 0.3) is 5.69 Å². The zero-order valence-corrected chi connectivity index (χ0v) is 20.1. The number of thiazole rings is 1. The molecule has 0 radical (unpaired) electrons. The fourth-order valence-corrected chi connectivity index (χ4v) is 4.98. The molecule has 2 heterocycles. The molecule has 4 aromatic rings. The Morgan fingerprint density at radius 1 is 1.06 bits per heavy atom. The van der Waals surface area contributed by atoms with Gasteiger partial charge in [-0.05, 0) is 34.7 Å². The summed E-state index contributed by atoms with van der Waals surface area (Å²) in [6, 6.07) is 21.3. The van der Waals surface area contributed by atoms with Crippen molar-refractivity contribution in [2.45, 2.75) is 32.2 Å². The molecule has 0 saturated carbocycles. The molecule has 1 aromatic heterocycles. The van der Waals surface area contributed by atoms with Gasteiger partial charge in [0.1, 0.15) is 5.82 Å². The Bertz CT molecular complexity index is 1400. The van der Waals surface area contributed by atoms with Crippen molar-refractivity contribution in [1.29, 1.82) is 0 Å². The first-order valence-corrected chi connectivity index (χ1v) is 12.2. The van der Waals surface area contributed by atoms with Gasteiger partial charge in [-0.1, -0.05) is 62.4 Å². The fourth-order valence-electron chi connectivity index (χ4n) is 4.15. The number of anilines is 1. The van der Waals surface area contributed by atoms with Gasteiger partial charge in [-0.2, -0.15) is 5.10 Å². The van der Waals surface area contributed by atoms with Crippen molar-refractivity contribution >= 4 is 27.9 Å². The summed E-state index contributed by atoms with van der Waals surface area (Å²) in [7, 11) is 0. The van der Waals surface area contributed by atoms with Gasteiger partial charge in [-0.25, -0.2) is 14.4 Å². The maximum Gasteiger partial charge on any atom is 0.270 e. The highest BCUT2D eigenvalue weighted by molar-refractivity contribution is 7.14. The maximum absolute atomic E-state index is 13.5. The molecule has 176 valence electrons. The topological polar surface area (TPSA) is 71.6 Å². The van der Waals surface area contributed by atoms with E-state index in [9.17, 15) is 14.5 Å². The third kappa shape index (κ3) is 4.70. The lowest BCUT2D eigenvalue weighted by atomic mass is 9.95. The number of hydrogen-bond donors (Lipinski definition) is 0. The van der Waals surface area contributed by atoms with Crippen LogP contribution in [0, 0.1) is 15.9 Å². The lowest BCUT2D eigenvalue weighted by molar-refractivity contribution is -0.384. The fraction of sp³-hybridized carbons (Fsp3) is 0.185.